The van der Waals surface area contributed by atoms with Crippen LogP contribution >= 0.6 is 23.2 Å². The standard InChI is InChI=1S/C18H10Cl2N2O4/c19-14-5-12-13(6-15(14)20)18(25)22(17(12)24)8-16(23)26-9-11-3-1-2-10(4-11)7-21/h1-6H,8-9H2. The molecular formula is C18H10Cl2N2O4. The highest BCUT2D eigenvalue weighted by atomic mass is 35.5. The minimum absolute atomic E-state index is 0.0742. The van der Waals surface area contributed by atoms with Crippen LogP contribution < -0.4 is 0 Å². The molecule has 0 spiro atoms. The van der Waals surface area contributed by atoms with Crippen LogP contribution in [0.1, 0.15) is 31.8 Å². The maximum absolute atomic E-state index is 12.3. The average Bonchev–Trinajstić information content (AvgIpc) is 2.85. The largest absolute Gasteiger partial charge is 0.459 e. The number of benzene rings is 2. The molecule has 1 aliphatic heterocycles. The fourth-order valence-corrected chi connectivity index (χ4v) is 2.82. The molecule has 26 heavy (non-hydrogen) atoms. The van der Waals surface area contributed by atoms with E-state index >= 15 is 0 Å². The average molecular weight is 389 g/mol. The number of carbonyl (C=O) groups excluding carboxylic acids is 3. The first-order valence-electron chi connectivity index (χ1n) is 7.40. The Morgan fingerprint density at radius 2 is 1.69 bits per heavy atom. The molecule has 0 aromatic heterocycles. The van der Waals surface area contributed by atoms with Crippen LogP contribution in [-0.2, 0) is 16.1 Å². The summed E-state index contributed by atoms with van der Waals surface area (Å²) in [5.74, 6) is -2.02. The molecule has 0 atom stereocenters. The molecule has 0 unspecified atom stereocenters. The van der Waals surface area contributed by atoms with Gasteiger partial charge in [0.15, 0.2) is 0 Å². The van der Waals surface area contributed by atoms with E-state index in [0.717, 1.165) is 4.90 Å². The van der Waals surface area contributed by atoms with Gasteiger partial charge in [-0.15, -0.1) is 0 Å². The molecule has 1 heterocycles. The zero-order valence-electron chi connectivity index (χ0n) is 13.2. The van der Waals surface area contributed by atoms with Crippen LogP contribution in [0.5, 0.6) is 0 Å². The molecule has 1 aliphatic rings. The molecule has 0 saturated carbocycles. The Morgan fingerprint density at radius 1 is 1.08 bits per heavy atom. The second-order valence-corrected chi connectivity index (χ2v) is 6.30. The number of ether oxygens (including phenoxy) is 1. The van der Waals surface area contributed by atoms with Crippen molar-refractivity contribution in [3.63, 3.8) is 0 Å². The number of nitriles is 1. The summed E-state index contributed by atoms with van der Waals surface area (Å²) in [6.45, 7) is -0.602. The second-order valence-electron chi connectivity index (χ2n) is 5.48. The van der Waals surface area contributed by atoms with Gasteiger partial charge in [-0.1, -0.05) is 35.3 Å². The lowest BCUT2D eigenvalue weighted by atomic mass is 10.1. The predicted octanol–water partition coefficient (Wildman–Crippen LogP) is 3.20. The van der Waals surface area contributed by atoms with E-state index in [1.807, 2.05) is 6.07 Å². The van der Waals surface area contributed by atoms with Gasteiger partial charge in [0.25, 0.3) is 11.8 Å². The first-order valence-corrected chi connectivity index (χ1v) is 8.16. The van der Waals surface area contributed by atoms with E-state index in [0.29, 0.717) is 11.1 Å². The Hall–Kier alpha value is -2.88. The molecule has 0 saturated heterocycles. The molecule has 6 nitrogen and oxygen atoms in total. The molecule has 0 radical (unpaired) electrons. The normalized spacial score (nSPS) is 12.7. The number of imide groups is 1. The van der Waals surface area contributed by atoms with Gasteiger partial charge in [0.1, 0.15) is 13.2 Å². The van der Waals surface area contributed by atoms with Gasteiger partial charge in [-0.3, -0.25) is 19.3 Å². The van der Waals surface area contributed by atoms with Crippen molar-refractivity contribution in [3.05, 3.63) is 68.7 Å². The molecule has 2 aromatic carbocycles. The minimum atomic E-state index is -0.751. The third kappa shape index (κ3) is 3.40. The number of amides is 2. The maximum Gasteiger partial charge on any atom is 0.326 e. The third-order valence-electron chi connectivity index (χ3n) is 3.75. The summed E-state index contributed by atoms with van der Waals surface area (Å²) in [4.78, 5) is 37.4. The van der Waals surface area contributed by atoms with Gasteiger partial charge in [-0.25, -0.2) is 0 Å². The first-order chi connectivity index (χ1) is 12.4. The number of hydrogen-bond donors (Lipinski definition) is 0. The number of halogens is 2. The van der Waals surface area contributed by atoms with E-state index in [2.05, 4.69) is 0 Å². The van der Waals surface area contributed by atoms with E-state index in [1.54, 1.807) is 24.3 Å². The van der Waals surface area contributed by atoms with E-state index < -0.39 is 24.3 Å². The van der Waals surface area contributed by atoms with Crippen molar-refractivity contribution >= 4 is 41.0 Å². The lowest BCUT2D eigenvalue weighted by Gasteiger charge is -2.13. The van der Waals surface area contributed by atoms with Gasteiger partial charge in [-0.2, -0.15) is 5.26 Å². The van der Waals surface area contributed by atoms with E-state index in [4.69, 9.17) is 33.2 Å². The lowest BCUT2D eigenvalue weighted by Crippen LogP contribution is -2.35. The second kappa shape index (κ2) is 7.16. The Morgan fingerprint density at radius 3 is 2.27 bits per heavy atom. The van der Waals surface area contributed by atoms with Crippen molar-refractivity contribution in [3.8, 4) is 6.07 Å². The van der Waals surface area contributed by atoms with Crippen molar-refractivity contribution in [2.75, 3.05) is 6.54 Å². The van der Waals surface area contributed by atoms with Crippen molar-refractivity contribution in [2.45, 2.75) is 6.61 Å². The molecular weight excluding hydrogens is 379 g/mol. The molecule has 0 bridgehead atoms. The van der Waals surface area contributed by atoms with Crippen LogP contribution in [0.15, 0.2) is 36.4 Å². The summed E-state index contributed by atoms with van der Waals surface area (Å²) in [7, 11) is 0. The Bertz CT molecular complexity index is 941. The van der Waals surface area contributed by atoms with Gasteiger partial charge in [-0.05, 0) is 29.8 Å². The Kier molecular flexibility index (Phi) is 4.94. The van der Waals surface area contributed by atoms with Gasteiger partial charge in [0.2, 0.25) is 0 Å². The fraction of sp³-hybridized carbons (Fsp3) is 0.111. The molecule has 0 fully saturated rings. The highest BCUT2D eigenvalue weighted by molar-refractivity contribution is 6.43. The van der Waals surface area contributed by atoms with E-state index in [-0.39, 0.29) is 27.8 Å². The van der Waals surface area contributed by atoms with Crippen LogP contribution in [0.3, 0.4) is 0 Å². The number of carbonyl (C=O) groups is 3. The minimum Gasteiger partial charge on any atom is -0.459 e. The zero-order chi connectivity index (χ0) is 18.8. The van der Waals surface area contributed by atoms with E-state index in [9.17, 15) is 14.4 Å². The number of fused-ring (bicyclic) bond motifs is 1. The SMILES string of the molecule is N#Cc1cccc(COC(=O)CN2C(=O)c3cc(Cl)c(Cl)cc3C2=O)c1. The molecule has 3 rings (SSSR count). The summed E-state index contributed by atoms with van der Waals surface area (Å²) in [6, 6.07) is 11.2. The number of esters is 1. The van der Waals surface area contributed by atoms with Gasteiger partial charge < -0.3 is 4.74 Å². The Labute approximate surface area is 158 Å². The van der Waals surface area contributed by atoms with Gasteiger partial charge in [0.05, 0.1) is 32.8 Å². The quantitative estimate of drug-likeness (QED) is 0.592. The number of hydrogen-bond acceptors (Lipinski definition) is 5. The van der Waals surface area contributed by atoms with Crippen molar-refractivity contribution < 1.29 is 19.1 Å². The maximum atomic E-state index is 12.3. The number of nitrogens with zero attached hydrogens (tertiary/aromatic N) is 2. The summed E-state index contributed by atoms with van der Waals surface area (Å²) < 4.78 is 5.09. The highest BCUT2D eigenvalue weighted by Gasteiger charge is 2.37. The molecule has 0 aliphatic carbocycles. The molecule has 2 amide bonds. The smallest absolute Gasteiger partial charge is 0.326 e. The van der Waals surface area contributed by atoms with Crippen LogP contribution in [0.25, 0.3) is 0 Å². The summed E-state index contributed by atoms with van der Waals surface area (Å²) in [5.41, 5.74) is 1.25. The summed E-state index contributed by atoms with van der Waals surface area (Å²) >= 11 is 11.7. The van der Waals surface area contributed by atoms with E-state index in [1.165, 1.54) is 12.1 Å². The predicted molar refractivity (Wildman–Crippen MR) is 92.8 cm³/mol. The van der Waals surface area contributed by atoms with Crippen LogP contribution in [0.2, 0.25) is 10.0 Å². The van der Waals surface area contributed by atoms with Crippen LogP contribution in [-0.4, -0.2) is 29.2 Å². The van der Waals surface area contributed by atoms with Gasteiger partial charge >= 0.3 is 5.97 Å². The summed E-state index contributed by atoms with van der Waals surface area (Å²) in [6.07, 6.45) is 0. The third-order valence-corrected chi connectivity index (χ3v) is 4.48. The fourth-order valence-electron chi connectivity index (χ4n) is 2.50. The zero-order valence-corrected chi connectivity index (χ0v) is 14.7. The monoisotopic (exact) mass is 388 g/mol. The topological polar surface area (TPSA) is 87.5 Å². The van der Waals surface area contributed by atoms with Gasteiger partial charge in [0, 0.05) is 0 Å². The molecule has 130 valence electrons. The van der Waals surface area contributed by atoms with Crippen LogP contribution in [0.4, 0.5) is 0 Å². The number of rotatable bonds is 4. The molecule has 8 heteroatoms. The van der Waals surface area contributed by atoms with Crippen molar-refractivity contribution in [1.29, 1.82) is 5.26 Å². The van der Waals surface area contributed by atoms with Crippen molar-refractivity contribution in [2.24, 2.45) is 0 Å². The molecule has 2 aromatic rings. The Balaban J connectivity index is 1.67. The van der Waals surface area contributed by atoms with Crippen molar-refractivity contribution in [1.82, 2.24) is 4.90 Å². The molecule has 0 N–H and O–H groups in total. The lowest BCUT2D eigenvalue weighted by molar-refractivity contribution is -0.145. The summed E-state index contributed by atoms with van der Waals surface area (Å²) in [5, 5.41) is 9.15. The first kappa shape index (κ1) is 17.9. The highest BCUT2D eigenvalue weighted by Crippen LogP contribution is 2.31. The van der Waals surface area contributed by atoms with Crippen LogP contribution in [0, 0.1) is 11.3 Å².